The van der Waals surface area contributed by atoms with Crippen molar-refractivity contribution in [3.63, 3.8) is 0 Å². The fourth-order valence-electron chi connectivity index (χ4n) is 5.98. The van der Waals surface area contributed by atoms with E-state index in [1.807, 2.05) is 42.5 Å². The monoisotopic (exact) mass is 548 g/mol. The molecule has 43 heavy (non-hydrogen) atoms. The van der Waals surface area contributed by atoms with Gasteiger partial charge in [-0.15, -0.1) is 0 Å². The molecule has 0 saturated carbocycles. The zero-order valence-electron chi connectivity index (χ0n) is 23.2. The molecule has 0 fully saturated rings. The van der Waals surface area contributed by atoms with Crippen molar-refractivity contribution < 1.29 is 4.42 Å². The van der Waals surface area contributed by atoms with Crippen LogP contribution in [0.15, 0.2) is 150 Å². The second-order valence-corrected chi connectivity index (χ2v) is 10.7. The molecule has 8 rings (SSSR count). The Hall–Kier alpha value is -5.98. The molecule has 0 spiro atoms. The van der Waals surface area contributed by atoms with Gasteiger partial charge in [-0.1, -0.05) is 103 Å². The third-order valence-corrected chi connectivity index (χ3v) is 8.14. The van der Waals surface area contributed by atoms with Crippen LogP contribution in [0.1, 0.15) is 5.56 Å². The molecule has 1 heterocycles. The largest absolute Gasteiger partial charge is 0.436 e. The van der Waals surface area contributed by atoms with Crippen LogP contribution in [0.3, 0.4) is 0 Å². The molecule has 3 nitrogen and oxygen atoms in total. The fraction of sp³-hybridized carbons (Fsp3) is 0. The van der Waals surface area contributed by atoms with Crippen LogP contribution >= 0.6 is 0 Å². The van der Waals surface area contributed by atoms with Crippen molar-refractivity contribution >= 4 is 32.6 Å². The maximum atomic E-state index is 9.40. The molecule has 3 heteroatoms. The zero-order valence-corrected chi connectivity index (χ0v) is 23.2. The van der Waals surface area contributed by atoms with Crippen LogP contribution in [-0.2, 0) is 0 Å². The molecule has 0 aliphatic rings. The summed E-state index contributed by atoms with van der Waals surface area (Å²) in [5.74, 6) is 0.574. The second kappa shape index (κ2) is 10.1. The van der Waals surface area contributed by atoms with Gasteiger partial charge in [-0.05, 0) is 91.8 Å². The van der Waals surface area contributed by atoms with Gasteiger partial charge in [-0.2, -0.15) is 5.26 Å². The van der Waals surface area contributed by atoms with Crippen molar-refractivity contribution in [2.75, 3.05) is 0 Å². The third-order valence-electron chi connectivity index (χ3n) is 8.14. The molecule has 1 aromatic heterocycles. The minimum Gasteiger partial charge on any atom is -0.436 e. The maximum Gasteiger partial charge on any atom is 0.227 e. The summed E-state index contributed by atoms with van der Waals surface area (Å²) >= 11 is 0. The minimum atomic E-state index is 0.574. The van der Waals surface area contributed by atoms with Gasteiger partial charge in [0, 0.05) is 11.1 Å². The Morgan fingerprint density at radius 2 is 1.12 bits per heavy atom. The predicted octanol–water partition coefficient (Wildman–Crippen LogP) is 10.7. The van der Waals surface area contributed by atoms with Crippen LogP contribution in [0.2, 0.25) is 0 Å². The number of rotatable bonds is 4. The van der Waals surface area contributed by atoms with Gasteiger partial charge in [-0.3, -0.25) is 0 Å². The number of oxazole rings is 1. The lowest BCUT2D eigenvalue weighted by atomic mass is 9.91. The molecular formula is C40H24N2O. The van der Waals surface area contributed by atoms with Crippen molar-refractivity contribution in [3.05, 3.63) is 151 Å². The third kappa shape index (κ3) is 4.34. The van der Waals surface area contributed by atoms with Crippen molar-refractivity contribution in [3.8, 4) is 50.9 Å². The van der Waals surface area contributed by atoms with Gasteiger partial charge in [0.1, 0.15) is 5.52 Å². The first-order chi connectivity index (χ1) is 21.2. The number of hydrogen-bond donors (Lipinski definition) is 0. The first-order valence-corrected chi connectivity index (χ1v) is 14.3. The Labute approximate surface area is 248 Å². The average Bonchev–Trinajstić information content (AvgIpc) is 3.52. The van der Waals surface area contributed by atoms with Gasteiger partial charge in [-0.25, -0.2) is 4.98 Å². The fourth-order valence-corrected chi connectivity index (χ4v) is 5.98. The van der Waals surface area contributed by atoms with E-state index in [0.29, 0.717) is 11.5 Å². The van der Waals surface area contributed by atoms with E-state index >= 15 is 0 Å². The lowest BCUT2D eigenvalue weighted by Gasteiger charge is -2.12. The van der Waals surface area contributed by atoms with Crippen LogP contribution in [0.25, 0.3) is 77.5 Å². The number of benzene rings is 7. The quantitative estimate of drug-likeness (QED) is 0.206. The first kappa shape index (κ1) is 24.8. The van der Waals surface area contributed by atoms with Crippen molar-refractivity contribution in [1.29, 1.82) is 5.26 Å². The van der Waals surface area contributed by atoms with E-state index in [0.717, 1.165) is 44.5 Å². The highest BCUT2D eigenvalue weighted by Crippen LogP contribution is 2.40. The predicted molar refractivity (Wildman–Crippen MR) is 175 cm³/mol. The molecule has 0 unspecified atom stereocenters. The molecule has 0 atom stereocenters. The Bertz CT molecular complexity index is 2330. The van der Waals surface area contributed by atoms with E-state index in [9.17, 15) is 5.26 Å². The molecule has 0 bridgehead atoms. The SMILES string of the molecule is N#Cc1ccc(-c2cc(-c3cc4ccccc4c4ccccc34)cc3oc(-c4ccc(-c5ccccc5)cc4)nc23)cc1. The second-order valence-electron chi connectivity index (χ2n) is 10.7. The van der Waals surface area contributed by atoms with Crippen molar-refractivity contribution in [2.45, 2.75) is 0 Å². The average molecular weight is 549 g/mol. The van der Waals surface area contributed by atoms with Gasteiger partial charge >= 0.3 is 0 Å². The molecule has 0 radical (unpaired) electrons. The van der Waals surface area contributed by atoms with Crippen LogP contribution in [-0.4, -0.2) is 4.98 Å². The van der Waals surface area contributed by atoms with Crippen LogP contribution < -0.4 is 0 Å². The molecule has 8 aromatic rings. The number of hydrogen-bond acceptors (Lipinski definition) is 3. The van der Waals surface area contributed by atoms with Gasteiger partial charge in [0.05, 0.1) is 11.6 Å². The normalized spacial score (nSPS) is 11.2. The number of nitriles is 1. The summed E-state index contributed by atoms with van der Waals surface area (Å²) in [7, 11) is 0. The molecule has 0 N–H and O–H groups in total. The minimum absolute atomic E-state index is 0.574. The van der Waals surface area contributed by atoms with E-state index < -0.39 is 0 Å². The summed E-state index contributed by atoms with van der Waals surface area (Å²) in [6, 6.07) is 52.2. The summed E-state index contributed by atoms with van der Waals surface area (Å²) in [5.41, 5.74) is 9.49. The molecule has 0 aliphatic carbocycles. The van der Waals surface area contributed by atoms with Crippen LogP contribution in [0.4, 0.5) is 0 Å². The topological polar surface area (TPSA) is 49.8 Å². The van der Waals surface area contributed by atoms with Crippen molar-refractivity contribution in [1.82, 2.24) is 4.98 Å². The van der Waals surface area contributed by atoms with Gasteiger partial charge in [0.15, 0.2) is 5.58 Å². The summed E-state index contributed by atoms with van der Waals surface area (Å²) in [4.78, 5) is 5.02. The lowest BCUT2D eigenvalue weighted by molar-refractivity contribution is 0.620. The number of nitrogens with zero attached hydrogens (tertiary/aromatic N) is 2. The van der Waals surface area contributed by atoms with E-state index in [-0.39, 0.29) is 0 Å². The van der Waals surface area contributed by atoms with Crippen LogP contribution in [0, 0.1) is 11.3 Å². The highest BCUT2D eigenvalue weighted by atomic mass is 16.3. The standard InChI is InChI=1S/C40H24N2O/c41-25-26-14-16-29(17-15-26)37-23-32(36-22-31-10-4-5-11-33(31)34-12-6-7-13-35(34)36)24-38-39(37)42-40(43-38)30-20-18-28(19-21-30)27-8-2-1-3-9-27/h1-24H. The Morgan fingerprint density at radius 1 is 0.488 bits per heavy atom. The zero-order chi connectivity index (χ0) is 28.8. The molecule has 0 aliphatic heterocycles. The Morgan fingerprint density at radius 3 is 1.88 bits per heavy atom. The van der Waals surface area contributed by atoms with Gasteiger partial charge < -0.3 is 4.42 Å². The van der Waals surface area contributed by atoms with Gasteiger partial charge in [0.2, 0.25) is 5.89 Å². The molecular weight excluding hydrogens is 524 g/mol. The van der Waals surface area contributed by atoms with E-state index in [2.05, 4.69) is 109 Å². The summed E-state index contributed by atoms with van der Waals surface area (Å²) in [5, 5.41) is 14.2. The number of aromatic nitrogens is 1. The van der Waals surface area contributed by atoms with E-state index in [4.69, 9.17) is 9.40 Å². The smallest absolute Gasteiger partial charge is 0.227 e. The Kier molecular flexibility index (Phi) is 5.84. The number of fused-ring (bicyclic) bond motifs is 4. The molecule has 0 saturated heterocycles. The van der Waals surface area contributed by atoms with Crippen LogP contribution in [0.5, 0.6) is 0 Å². The summed E-state index contributed by atoms with van der Waals surface area (Å²) in [6.07, 6.45) is 0. The lowest BCUT2D eigenvalue weighted by Crippen LogP contribution is -1.88. The van der Waals surface area contributed by atoms with E-state index in [1.165, 1.54) is 27.1 Å². The summed E-state index contributed by atoms with van der Waals surface area (Å²) < 4.78 is 6.50. The highest BCUT2D eigenvalue weighted by Gasteiger charge is 2.18. The molecule has 200 valence electrons. The molecule has 0 amide bonds. The first-order valence-electron chi connectivity index (χ1n) is 14.3. The molecule has 7 aromatic carbocycles. The Balaban J connectivity index is 1.34. The van der Waals surface area contributed by atoms with E-state index in [1.54, 1.807) is 0 Å². The maximum absolute atomic E-state index is 9.40. The van der Waals surface area contributed by atoms with Crippen molar-refractivity contribution in [2.24, 2.45) is 0 Å². The van der Waals surface area contributed by atoms with Gasteiger partial charge in [0.25, 0.3) is 0 Å². The summed E-state index contributed by atoms with van der Waals surface area (Å²) in [6.45, 7) is 0. The highest BCUT2D eigenvalue weighted by molar-refractivity contribution is 6.14.